The molecular weight excluding hydrogens is 707 g/mol. The van der Waals surface area contributed by atoms with E-state index in [0.29, 0.717) is 0 Å². The Morgan fingerprint density at radius 2 is 1.02 bits per heavy atom. The molecule has 2 aliphatic rings. The third kappa shape index (κ3) is 5.78. The maximum absolute atomic E-state index is 8.83. The van der Waals surface area contributed by atoms with Crippen molar-refractivity contribution >= 4 is 35.1 Å². The summed E-state index contributed by atoms with van der Waals surface area (Å²) < 4.78 is 0.232. The monoisotopic (exact) mass is 755 g/mol. The van der Waals surface area contributed by atoms with Gasteiger partial charge in [-0.25, -0.2) is 0 Å². The van der Waals surface area contributed by atoms with Crippen molar-refractivity contribution in [1.82, 2.24) is 0 Å². The van der Waals surface area contributed by atoms with Gasteiger partial charge in [-0.15, -0.1) is 0 Å². The van der Waals surface area contributed by atoms with Gasteiger partial charge in [0, 0.05) is 0 Å². The molecule has 0 spiro atoms. The van der Waals surface area contributed by atoms with Gasteiger partial charge in [0.1, 0.15) is 0 Å². The van der Waals surface area contributed by atoms with E-state index >= 15 is 0 Å². The Bertz CT molecular complexity index is 1880. The summed E-state index contributed by atoms with van der Waals surface area (Å²) in [6, 6.07) is 30.2. The second-order valence-corrected chi connectivity index (χ2v) is 55.0. The Balaban J connectivity index is 1.60. The summed E-state index contributed by atoms with van der Waals surface area (Å²) in [5, 5.41) is 0. The van der Waals surface area contributed by atoms with E-state index in [2.05, 4.69) is 140 Å². The van der Waals surface area contributed by atoms with Crippen LogP contribution < -0.4 is 0 Å². The first-order valence-electron chi connectivity index (χ1n) is 17.9. The molecule has 0 radical (unpaired) electrons. The molecule has 4 aromatic carbocycles. The van der Waals surface area contributed by atoms with Gasteiger partial charge in [-0.05, 0) is 0 Å². The number of rotatable bonds is 10. The SMILES string of the molecule is CCC1=Cc2c(-c3ccc(CC)cc3)cc(C)cc2[CH]1[Zr]([Cl])([Cl])([CH]1C(C)=Cc2c(-c3ccc(CC)cc3)cc(C)cc21)[SiH](CC)CC. The van der Waals surface area contributed by atoms with E-state index in [1.54, 1.807) is 0 Å². The average Bonchev–Trinajstić information content (AvgIpc) is 3.62. The molecule has 0 amide bonds. The summed E-state index contributed by atoms with van der Waals surface area (Å²) >= 11 is -4.87. The first-order valence-corrected chi connectivity index (χ1v) is 33.6. The standard InChI is InChI=1S/C20H21.C19H19.C4H11Si.2ClH.Zr/c1-4-15-6-8-17(9-7-15)19-11-14(3)10-18-12-16(5-2)13-20(18)19;1-4-15-5-7-16(8-6-15)18-11-13(2)9-17-10-14(3)12-19(17)18;1-3-5-4-2;;;/h6-13H,4-5H2,1-3H3;5-12H,4H2,1-3H3;5H,3-4H2,1-2H3;2*1H;/q;;;;;+2/p-2. The Morgan fingerprint density at radius 3 is 1.45 bits per heavy atom. The van der Waals surface area contributed by atoms with Crippen molar-refractivity contribution < 1.29 is 15.6 Å². The molecule has 0 nitrogen and oxygen atoms in total. The molecule has 0 heterocycles. The molecule has 0 saturated heterocycles. The zero-order valence-electron chi connectivity index (χ0n) is 29.6. The van der Waals surface area contributed by atoms with Crippen molar-refractivity contribution in [2.45, 2.75) is 94.0 Å². The van der Waals surface area contributed by atoms with Crippen LogP contribution in [0.15, 0.2) is 83.9 Å². The van der Waals surface area contributed by atoms with Crippen LogP contribution in [0, 0.1) is 13.8 Å². The zero-order chi connectivity index (χ0) is 33.7. The van der Waals surface area contributed by atoms with Gasteiger partial charge >= 0.3 is 295 Å². The van der Waals surface area contributed by atoms with Gasteiger partial charge in [-0.1, -0.05) is 0 Å². The van der Waals surface area contributed by atoms with Crippen LogP contribution in [-0.2, 0) is 28.4 Å². The van der Waals surface area contributed by atoms with Crippen molar-refractivity contribution in [1.29, 1.82) is 0 Å². The van der Waals surface area contributed by atoms with E-state index in [9.17, 15) is 0 Å². The normalized spacial score (nSPS) is 18.1. The fourth-order valence-electron chi connectivity index (χ4n) is 9.19. The summed E-state index contributed by atoms with van der Waals surface area (Å²) in [6.45, 7) is 18.4. The average molecular weight is 758 g/mol. The molecule has 0 fully saturated rings. The molecule has 2 atom stereocenters. The van der Waals surface area contributed by atoms with Crippen LogP contribution in [-0.4, -0.2) is 5.92 Å². The Hall–Kier alpha value is -1.96. The van der Waals surface area contributed by atoms with Gasteiger partial charge in [0.05, 0.1) is 0 Å². The summed E-state index contributed by atoms with van der Waals surface area (Å²) in [5.74, 6) is -1.63. The number of halogens is 2. The van der Waals surface area contributed by atoms with Crippen LogP contribution >= 0.6 is 17.0 Å². The van der Waals surface area contributed by atoms with Gasteiger partial charge in [-0.2, -0.15) is 0 Å². The van der Waals surface area contributed by atoms with Crippen molar-refractivity contribution in [3.05, 3.63) is 128 Å². The van der Waals surface area contributed by atoms with E-state index < -0.39 is 21.5 Å². The summed E-state index contributed by atoms with van der Waals surface area (Å²) in [5.41, 5.74) is 18.8. The molecule has 245 valence electrons. The molecule has 0 aliphatic heterocycles. The molecule has 2 aliphatic carbocycles. The van der Waals surface area contributed by atoms with Crippen LogP contribution in [0.25, 0.3) is 34.4 Å². The minimum atomic E-state index is -4.87. The second-order valence-electron chi connectivity index (χ2n) is 14.3. The number of hydrogen-bond acceptors (Lipinski definition) is 0. The fourth-order valence-corrected chi connectivity index (χ4v) is 62.8. The number of hydrogen-bond donors (Lipinski definition) is 0. The third-order valence-corrected chi connectivity index (χ3v) is 61.6. The summed E-state index contributed by atoms with van der Waals surface area (Å²) in [4.78, 5) is 0. The predicted octanol–water partition coefficient (Wildman–Crippen LogP) is 13.5. The van der Waals surface area contributed by atoms with E-state index in [-0.39, 0.29) is 7.25 Å². The number of benzene rings is 4. The van der Waals surface area contributed by atoms with Crippen LogP contribution in [0.5, 0.6) is 0 Å². The van der Waals surface area contributed by atoms with E-state index in [4.69, 9.17) is 17.0 Å². The molecule has 0 saturated carbocycles. The molecule has 4 aromatic rings. The molecule has 0 N–H and O–H groups in total. The molecule has 0 bridgehead atoms. The maximum atomic E-state index is 8.83. The summed E-state index contributed by atoms with van der Waals surface area (Å²) in [6.07, 6.45) is 8.02. The Morgan fingerprint density at radius 1 is 0.574 bits per heavy atom. The molecule has 0 aromatic heterocycles. The molecule has 4 heteroatoms. The Kier molecular flexibility index (Phi) is 9.94. The quantitative estimate of drug-likeness (QED) is 0.141. The van der Waals surface area contributed by atoms with E-state index in [1.807, 2.05) is 0 Å². The van der Waals surface area contributed by atoms with Crippen molar-refractivity contribution in [3.63, 3.8) is 0 Å². The van der Waals surface area contributed by atoms with Crippen LogP contribution in [0.2, 0.25) is 12.1 Å². The zero-order valence-corrected chi connectivity index (χ0v) is 34.7. The summed E-state index contributed by atoms with van der Waals surface area (Å²) in [7, 11) is 17.7. The fraction of sp³-hybridized carbons (Fsp3) is 0.349. The van der Waals surface area contributed by atoms with E-state index in [1.165, 1.54) is 77.9 Å². The number of fused-ring (bicyclic) bond motifs is 2. The Labute approximate surface area is 293 Å². The molecule has 6 rings (SSSR count). The number of allylic oxidation sites excluding steroid dienone is 2. The van der Waals surface area contributed by atoms with Gasteiger partial charge < -0.3 is 0 Å². The minimum absolute atomic E-state index is 0.110. The predicted molar refractivity (Wildman–Crippen MR) is 209 cm³/mol. The second kappa shape index (κ2) is 13.4. The first-order chi connectivity index (χ1) is 22.5. The number of aryl methyl sites for hydroxylation is 4. The van der Waals surface area contributed by atoms with Gasteiger partial charge in [0.15, 0.2) is 0 Å². The van der Waals surface area contributed by atoms with Crippen molar-refractivity contribution in [2.75, 3.05) is 0 Å². The van der Waals surface area contributed by atoms with E-state index in [0.717, 1.165) is 31.4 Å². The van der Waals surface area contributed by atoms with Crippen LogP contribution in [0.3, 0.4) is 0 Å². The molecule has 47 heavy (non-hydrogen) atoms. The van der Waals surface area contributed by atoms with Crippen LogP contribution in [0.4, 0.5) is 0 Å². The third-order valence-electron chi connectivity index (χ3n) is 11.5. The molecule has 2 unspecified atom stereocenters. The van der Waals surface area contributed by atoms with Crippen molar-refractivity contribution in [2.24, 2.45) is 0 Å². The van der Waals surface area contributed by atoms with Gasteiger partial charge in [0.25, 0.3) is 0 Å². The van der Waals surface area contributed by atoms with Gasteiger partial charge in [0.2, 0.25) is 0 Å². The first kappa shape index (κ1) is 34.9. The molecular formula is C43H51Cl2SiZr. The van der Waals surface area contributed by atoms with Crippen LogP contribution in [0.1, 0.15) is 99.7 Å². The van der Waals surface area contributed by atoms with Crippen molar-refractivity contribution in [3.8, 4) is 22.3 Å². The topological polar surface area (TPSA) is 0 Å². The van der Waals surface area contributed by atoms with Gasteiger partial charge in [-0.3, -0.25) is 0 Å².